The van der Waals surface area contributed by atoms with Crippen LogP contribution in [0.2, 0.25) is 0 Å². The van der Waals surface area contributed by atoms with Gasteiger partial charge < -0.3 is 14.4 Å². The molecule has 5 nitrogen and oxygen atoms in total. The van der Waals surface area contributed by atoms with Gasteiger partial charge in [0, 0.05) is 13.1 Å². The van der Waals surface area contributed by atoms with Crippen LogP contribution >= 0.6 is 0 Å². The summed E-state index contributed by atoms with van der Waals surface area (Å²) in [5.41, 5.74) is 3.58. The molecule has 1 atom stereocenters. The molecule has 5 heteroatoms. The number of benzene rings is 4. The number of carbonyl (C=O) groups is 2. The average molecular weight is 636 g/mol. The lowest BCUT2D eigenvalue weighted by Crippen LogP contribution is -2.35. The molecule has 250 valence electrons. The van der Waals surface area contributed by atoms with Crippen LogP contribution in [0.4, 0.5) is 0 Å². The molecule has 0 aliphatic carbocycles. The van der Waals surface area contributed by atoms with Crippen molar-refractivity contribution in [1.29, 1.82) is 0 Å². The van der Waals surface area contributed by atoms with Gasteiger partial charge in [0.15, 0.2) is 0 Å². The highest BCUT2D eigenvalue weighted by Gasteiger charge is 2.21. The predicted octanol–water partition coefficient (Wildman–Crippen LogP) is 11.0. The summed E-state index contributed by atoms with van der Waals surface area (Å²) in [6, 6.07) is 27.3. The van der Waals surface area contributed by atoms with Gasteiger partial charge in [-0.3, -0.25) is 4.79 Å². The summed E-state index contributed by atoms with van der Waals surface area (Å²) in [5, 5.41) is 1.96. The number of rotatable bonds is 19. The predicted molar refractivity (Wildman–Crippen MR) is 194 cm³/mol. The van der Waals surface area contributed by atoms with Crippen molar-refractivity contribution in [2.75, 3.05) is 19.7 Å². The fraction of sp³-hybridized carbons (Fsp3) is 0.429. The molecule has 0 fully saturated rings. The normalized spacial score (nSPS) is 11.7. The van der Waals surface area contributed by atoms with Gasteiger partial charge in [0.1, 0.15) is 11.5 Å². The molecule has 47 heavy (non-hydrogen) atoms. The fourth-order valence-corrected chi connectivity index (χ4v) is 6.00. The van der Waals surface area contributed by atoms with Crippen molar-refractivity contribution in [3.8, 4) is 22.6 Å². The first kappa shape index (κ1) is 35.7. The molecule has 0 unspecified atom stereocenters. The number of fused-ring (bicyclic) bond motifs is 1. The minimum atomic E-state index is -0.400. The zero-order valence-electron chi connectivity index (χ0n) is 28.9. The molecule has 0 saturated carbocycles. The largest absolute Gasteiger partial charge is 0.494 e. The van der Waals surface area contributed by atoms with Crippen molar-refractivity contribution in [2.24, 2.45) is 0 Å². The summed E-state index contributed by atoms with van der Waals surface area (Å²) in [6.07, 6.45) is 12.2. The van der Waals surface area contributed by atoms with E-state index >= 15 is 0 Å². The van der Waals surface area contributed by atoms with E-state index in [1.54, 1.807) is 12.1 Å². The Morgan fingerprint density at radius 3 is 1.81 bits per heavy atom. The van der Waals surface area contributed by atoms with Gasteiger partial charge in [-0.1, -0.05) is 114 Å². The minimum Gasteiger partial charge on any atom is -0.494 e. The summed E-state index contributed by atoms with van der Waals surface area (Å²) in [5.74, 6) is 0.928. The van der Waals surface area contributed by atoms with Crippen LogP contribution in [0.15, 0.2) is 84.9 Å². The van der Waals surface area contributed by atoms with E-state index in [4.69, 9.17) is 9.47 Å². The van der Waals surface area contributed by atoms with Crippen molar-refractivity contribution in [3.05, 3.63) is 96.1 Å². The van der Waals surface area contributed by atoms with E-state index in [0.717, 1.165) is 72.2 Å². The molecule has 0 spiro atoms. The number of hydrogen-bond acceptors (Lipinski definition) is 4. The summed E-state index contributed by atoms with van der Waals surface area (Å²) >= 11 is 0. The topological polar surface area (TPSA) is 55.8 Å². The van der Waals surface area contributed by atoms with E-state index in [1.165, 1.54) is 44.9 Å². The molecule has 4 rings (SSSR count). The van der Waals surface area contributed by atoms with Crippen LogP contribution in [-0.2, 0) is 4.79 Å². The number of unbranched alkanes of at least 4 members (excludes halogenated alkanes) is 7. The third kappa shape index (κ3) is 10.7. The highest BCUT2D eigenvalue weighted by molar-refractivity contribution is 5.93. The first-order valence-corrected chi connectivity index (χ1v) is 17.8. The lowest BCUT2D eigenvalue weighted by Gasteiger charge is -2.25. The van der Waals surface area contributed by atoms with Gasteiger partial charge in [-0.05, 0) is 90.0 Å². The third-order valence-electron chi connectivity index (χ3n) is 8.79. The van der Waals surface area contributed by atoms with Crippen LogP contribution in [0.5, 0.6) is 11.5 Å². The van der Waals surface area contributed by atoms with Gasteiger partial charge in [-0.15, -0.1) is 0 Å². The van der Waals surface area contributed by atoms with Crippen molar-refractivity contribution in [3.63, 3.8) is 0 Å². The van der Waals surface area contributed by atoms with Crippen molar-refractivity contribution in [2.45, 2.75) is 97.8 Å². The van der Waals surface area contributed by atoms with E-state index in [0.29, 0.717) is 11.3 Å². The van der Waals surface area contributed by atoms with Crippen LogP contribution in [0.25, 0.3) is 21.9 Å². The van der Waals surface area contributed by atoms with E-state index < -0.39 is 5.97 Å². The molecule has 0 bridgehead atoms. The van der Waals surface area contributed by atoms with Crippen LogP contribution in [0, 0.1) is 0 Å². The number of nitrogens with zero attached hydrogens (tertiary/aromatic N) is 1. The Hall–Kier alpha value is -4.12. The molecular weight excluding hydrogens is 582 g/mol. The van der Waals surface area contributed by atoms with Gasteiger partial charge >= 0.3 is 5.97 Å². The maximum absolute atomic E-state index is 13.1. The summed E-state index contributed by atoms with van der Waals surface area (Å²) < 4.78 is 11.7. The maximum atomic E-state index is 13.1. The Labute approximate surface area is 282 Å². The van der Waals surface area contributed by atoms with Crippen molar-refractivity contribution in [1.82, 2.24) is 4.90 Å². The zero-order valence-corrected chi connectivity index (χ0v) is 28.9. The Balaban J connectivity index is 1.28. The smallest absolute Gasteiger partial charge is 0.343 e. The monoisotopic (exact) mass is 635 g/mol. The number of esters is 1. The van der Waals surface area contributed by atoms with E-state index in [9.17, 15) is 9.59 Å². The van der Waals surface area contributed by atoms with Crippen LogP contribution in [0.1, 0.15) is 114 Å². The Morgan fingerprint density at radius 2 is 1.17 bits per heavy atom. The molecule has 1 amide bonds. The first-order valence-electron chi connectivity index (χ1n) is 17.8. The second kappa shape index (κ2) is 18.9. The molecule has 0 N–H and O–H groups in total. The number of hydrogen-bond donors (Lipinski definition) is 0. The third-order valence-corrected chi connectivity index (χ3v) is 8.79. The standard InChI is InChI=1S/C42H53NO4/c1-5-8-9-10-11-12-13-14-29-46-39-24-21-34(22-25-39)33-15-17-35(18-16-33)42(45)47-40-26-23-37-30-36(19-20-38(37)31-40)32(4)41(44)43(27-6-2)28-7-3/h15-26,30-32H,5-14,27-29H2,1-4H3/t32-/m0/s1. The van der Waals surface area contributed by atoms with E-state index in [-0.39, 0.29) is 11.8 Å². The van der Waals surface area contributed by atoms with Gasteiger partial charge in [0.05, 0.1) is 18.1 Å². The molecule has 4 aromatic rings. The zero-order chi connectivity index (χ0) is 33.4. The quantitative estimate of drug-likeness (QED) is 0.0584. The first-order chi connectivity index (χ1) is 22.9. The minimum absolute atomic E-state index is 0.167. The number of carbonyl (C=O) groups excluding carboxylic acids is 2. The lowest BCUT2D eigenvalue weighted by atomic mass is 9.96. The number of ether oxygens (including phenoxy) is 2. The molecule has 4 aromatic carbocycles. The van der Waals surface area contributed by atoms with Crippen LogP contribution in [-0.4, -0.2) is 36.5 Å². The average Bonchev–Trinajstić information content (AvgIpc) is 3.10. The van der Waals surface area contributed by atoms with Gasteiger partial charge in [0.25, 0.3) is 0 Å². The van der Waals surface area contributed by atoms with E-state index in [2.05, 4.69) is 39.0 Å². The highest BCUT2D eigenvalue weighted by atomic mass is 16.5. The van der Waals surface area contributed by atoms with E-state index in [1.807, 2.05) is 66.4 Å². The molecule has 0 heterocycles. The second-order valence-corrected chi connectivity index (χ2v) is 12.6. The van der Waals surface area contributed by atoms with Crippen molar-refractivity contribution >= 4 is 22.6 Å². The van der Waals surface area contributed by atoms with Gasteiger partial charge in [-0.2, -0.15) is 0 Å². The second-order valence-electron chi connectivity index (χ2n) is 12.6. The summed E-state index contributed by atoms with van der Waals surface area (Å²) in [7, 11) is 0. The molecule has 0 aliphatic rings. The van der Waals surface area contributed by atoms with Gasteiger partial charge in [0.2, 0.25) is 5.91 Å². The molecule has 0 saturated heterocycles. The van der Waals surface area contributed by atoms with Gasteiger partial charge in [-0.25, -0.2) is 4.79 Å². The molecule has 0 aliphatic heterocycles. The fourth-order valence-electron chi connectivity index (χ4n) is 6.00. The SMILES string of the molecule is CCCCCCCCCCOc1ccc(-c2ccc(C(=O)Oc3ccc4cc([C@H](C)C(=O)N(CCC)CCC)ccc4c3)cc2)cc1. The Kier molecular flexibility index (Phi) is 14.4. The lowest BCUT2D eigenvalue weighted by molar-refractivity contribution is -0.132. The van der Waals surface area contributed by atoms with Crippen molar-refractivity contribution < 1.29 is 19.1 Å². The van der Waals surface area contributed by atoms with Crippen LogP contribution < -0.4 is 9.47 Å². The Bertz CT molecular complexity index is 1540. The highest BCUT2D eigenvalue weighted by Crippen LogP contribution is 2.28. The summed E-state index contributed by atoms with van der Waals surface area (Å²) in [6.45, 7) is 10.8. The maximum Gasteiger partial charge on any atom is 0.343 e. The molecule has 0 radical (unpaired) electrons. The molecule has 0 aromatic heterocycles. The number of amides is 1. The van der Waals surface area contributed by atoms with Crippen LogP contribution in [0.3, 0.4) is 0 Å². The molecular formula is C42H53NO4. The Morgan fingerprint density at radius 1 is 0.617 bits per heavy atom. The summed E-state index contributed by atoms with van der Waals surface area (Å²) in [4.78, 5) is 28.1.